The molecule has 0 aromatic heterocycles. The minimum atomic E-state index is -3.52. The van der Waals surface area contributed by atoms with Gasteiger partial charge in [-0.05, 0) is 44.0 Å². The minimum absolute atomic E-state index is 0.250. The Morgan fingerprint density at radius 3 is 2.56 bits per heavy atom. The van der Waals surface area contributed by atoms with E-state index < -0.39 is 16.1 Å². The average Bonchev–Trinajstić information content (AvgIpc) is 2.24. The lowest BCUT2D eigenvalue weighted by Gasteiger charge is -2.19. The molecule has 1 aromatic rings. The van der Waals surface area contributed by atoms with Crippen molar-refractivity contribution in [1.29, 1.82) is 0 Å². The topological polar surface area (TPSA) is 57.6 Å². The fourth-order valence-corrected chi connectivity index (χ4v) is 3.17. The molecule has 0 radical (unpaired) electrons. The second kappa shape index (κ2) is 6.02. The molecule has 0 fully saturated rings. The van der Waals surface area contributed by atoms with Crippen molar-refractivity contribution >= 4 is 21.6 Å². The smallest absolute Gasteiger partial charge is 0.243 e. The number of aryl methyl sites for hydroxylation is 1. The van der Waals surface area contributed by atoms with Crippen molar-refractivity contribution in [2.75, 3.05) is 13.6 Å². The number of hydrogen-bond donors (Lipinski definition) is 1. The van der Waals surface area contributed by atoms with E-state index in [1.165, 1.54) is 17.4 Å². The predicted octanol–water partition coefficient (Wildman–Crippen LogP) is 2.04. The second-order valence-electron chi connectivity index (χ2n) is 4.37. The molecule has 0 amide bonds. The first-order valence-corrected chi connectivity index (χ1v) is 7.47. The normalized spacial score (nSPS) is 13.9. The van der Waals surface area contributed by atoms with Crippen LogP contribution in [0.4, 0.5) is 0 Å². The van der Waals surface area contributed by atoms with Crippen LogP contribution in [0.15, 0.2) is 23.1 Å². The van der Waals surface area contributed by atoms with Crippen molar-refractivity contribution in [2.45, 2.75) is 31.3 Å². The monoisotopic (exact) mass is 291 g/mol. The van der Waals surface area contributed by atoms with E-state index in [9.17, 15) is 13.5 Å². The van der Waals surface area contributed by atoms with Crippen LogP contribution in [0.25, 0.3) is 0 Å². The molecule has 1 unspecified atom stereocenters. The largest absolute Gasteiger partial charge is 0.393 e. The fourth-order valence-electron chi connectivity index (χ4n) is 1.56. The summed E-state index contributed by atoms with van der Waals surface area (Å²) in [5.74, 6) is 0. The van der Waals surface area contributed by atoms with E-state index in [0.29, 0.717) is 17.0 Å². The highest BCUT2D eigenvalue weighted by atomic mass is 35.5. The van der Waals surface area contributed by atoms with Gasteiger partial charge in [0.15, 0.2) is 0 Å². The molecule has 18 heavy (non-hydrogen) atoms. The van der Waals surface area contributed by atoms with Crippen molar-refractivity contribution in [3.63, 3.8) is 0 Å². The molecule has 0 bridgehead atoms. The van der Waals surface area contributed by atoms with Gasteiger partial charge in [0, 0.05) is 18.6 Å². The second-order valence-corrected chi connectivity index (χ2v) is 6.82. The van der Waals surface area contributed by atoms with Gasteiger partial charge in [0.25, 0.3) is 0 Å². The number of aliphatic hydroxyl groups excluding tert-OH is 1. The van der Waals surface area contributed by atoms with E-state index in [-0.39, 0.29) is 11.4 Å². The molecule has 4 nitrogen and oxygen atoms in total. The van der Waals surface area contributed by atoms with Gasteiger partial charge in [-0.2, -0.15) is 0 Å². The quantitative estimate of drug-likeness (QED) is 0.903. The van der Waals surface area contributed by atoms with Crippen molar-refractivity contribution < 1.29 is 13.5 Å². The number of hydrogen-bond acceptors (Lipinski definition) is 3. The molecule has 0 aliphatic rings. The van der Waals surface area contributed by atoms with Crippen LogP contribution >= 0.6 is 11.6 Å². The summed E-state index contributed by atoms with van der Waals surface area (Å²) in [6.07, 6.45) is -0.114. The van der Waals surface area contributed by atoms with E-state index in [4.69, 9.17) is 11.6 Å². The minimum Gasteiger partial charge on any atom is -0.393 e. The third-order valence-corrected chi connectivity index (χ3v) is 4.94. The van der Waals surface area contributed by atoms with E-state index in [1.807, 2.05) is 0 Å². The maximum Gasteiger partial charge on any atom is 0.243 e. The number of benzene rings is 1. The van der Waals surface area contributed by atoms with Gasteiger partial charge in [-0.1, -0.05) is 11.6 Å². The van der Waals surface area contributed by atoms with E-state index in [2.05, 4.69) is 0 Å². The van der Waals surface area contributed by atoms with Gasteiger partial charge in [0.2, 0.25) is 10.0 Å². The molecule has 1 rings (SSSR count). The molecule has 1 atom stereocenters. The third-order valence-electron chi connectivity index (χ3n) is 2.69. The van der Waals surface area contributed by atoms with Gasteiger partial charge in [-0.15, -0.1) is 0 Å². The number of halogens is 1. The Morgan fingerprint density at radius 2 is 2.06 bits per heavy atom. The van der Waals surface area contributed by atoms with Crippen LogP contribution in [0.1, 0.15) is 18.9 Å². The first-order valence-electron chi connectivity index (χ1n) is 5.65. The molecule has 1 N–H and O–H groups in total. The first kappa shape index (κ1) is 15.4. The van der Waals surface area contributed by atoms with Crippen LogP contribution in [0.5, 0.6) is 0 Å². The molecular weight excluding hydrogens is 274 g/mol. The van der Waals surface area contributed by atoms with E-state index >= 15 is 0 Å². The Hall–Kier alpha value is -0.620. The van der Waals surface area contributed by atoms with Crippen molar-refractivity contribution in [3.05, 3.63) is 28.8 Å². The lowest BCUT2D eigenvalue weighted by molar-refractivity contribution is 0.177. The maximum absolute atomic E-state index is 12.3. The summed E-state index contributed by atoms with van der Waals surface area (Å²) in [6.45, 7) is 3.62. The van der Waals surface area contributed by atoms with Crippen molar-refractivity contribution in [1.82, 2.24) is 4.31 Å². The summed E-state index contributed by atoms with van der Waals surface area (Å²) in [5, 5.41) is 9.70. The molecule has 0 saturated heterocycles. The van der Waals surface area contributed by atoms with E-state index in [1.54, 1.807) is 26.0 Å². The van der Waals surface area contributed by atoms with Crippen LogP contribution in [0.3, 0.4) is 0 Å². The molecule has 1 aromatic carbocycles. The summed E-state index contributed by atoms with van der Waals surface area (Å²) in [6, 6.07) is 4.69. The standard InChI is InChI=1S/C12H18ClNO3S/c1-9-8-11(13)4-5-12(9)18(16,17)14(3)7-6-10(2)15/h4-5,8,10,15H,6-7H2,1-3H3. The highest BCUT2D eigenvalue weighted by molar-refractivity contribution is 7.89. The first-order chi connectivity index (χ1) is 8.25. The lowest BCUT2D eigenvalue weighted by atomic mass is 10.2. The molecule has 0 saturated carbocycles. The van der Waals surface area contributed by atoms with Crippen LogP contribution in [-0.2, 0) is 10.0 Å². The number of rotatable bonds is 5. The van der Waals surface area contributed by atoms with Gasteiger partial charge in [-0.25, -0.2) is 12.7 Å². The van der Waals surface area contributed by atoms with Crippen molar-refractivity contribution in [3.8, 4) is 0 Å². The summed E-state index contributed by atoms with van der Waals surface area (Å²) in [7, 11) is -2.01. The summed E-state index contributed by atoms with van der Waals surface area (Å²) in [4.78, 5) is 0.250. The molecule has 0 spiro atoms. The Morgan fingerprint density at radius 1 is 1.44 bits per heavy atom. The molecule has 102 valence electrons. The van der Waals surface area contributed by atoms with Crippen LogP contribution in [0, 0.1) is 6.92 Å². The van der Waals surface area contributed by atoms with E-state index in [0.717, 1.165) is 0 Å². The highest BCUT2D eigenvalue weighted by Crippen LogP contribution is 2.22. The molecule has 6 heteroatoms. The Bertz CT molecular complexity index is 514. The van der Waals surface area contributed by atoms with Crippen LogP contribution in [0.2, 0.25) is 5.02 Å². The number of sulfonamides is 1. The predicted molar refractivity (Wildman–Crippen MR) is 72.3 cm³/mol. The maximum atomic E-state index is 12.3. The zero-order valence-corrected chi connectivity index (χ0v) is 12.3. The van der Waals surface area contributed by atoms with Crippen LogP contribution < -0.4 is 0 Å². The summed E-state index contributed by atoms with van der Waals surface area (Å²) < 4.78 is 25.8. The molecule has 0 heterocycles. The molecule has 0 aliphatic heterocycles. The van der Waals surface area contributed by atoms with Gasteiger partial charge in [0.05, 0.1) is 11.0 Å². The zero-order valence-electron chi connectivity index (χ0n) is 10.7. The van der Waals surface area contributed by atoms with Crippen LogP contribution in [-0.4, -0.2) is 37.5 Å². The SMILES string of the molecule is Cc1cc(Cl)ccc1S(=O)(=O)N(C)CCC(C)O. The average molecular weight is 292 g/mol. The summed E-state index contributed by atoms with van der Waals surface area (Å²) in [5.41, 5.74) is 0.617. The zero-order chi connectivity index (χ0) is 13.9. The third kappa shape index (κ3) is 3.68. The highest BCUT2D eigenvalue weighted by Gasteiger charge is 2.22. The Labute approximate surface area is 113 Å². The lowest BCUT2D eigenvalue weighted by Crippen LogP contribution is -2.30. The Kier molecular flexibility index (Phi) is 5.16. The van der Waals surface area contributed by atoms with Crippen molar-refractivity contribution in [2.24, 2.45) is 0 Å². The number of nitrogens with zero attached hydrogens (tertiary/aromatic N) is 1. The molecule has 0 aliphatic carbocycles. The molecular formula is C12H18ClNO3S. The van der Waals surface area contributed by atoms with Gasteiger partial charge >= 0.3 is 0 Å². The summed E-state index contributed by atoms with van der Waals surface area (Å²) >= 11 is 5.81. The number of aliphatic hydroxyl groups is 1. The van der Waals surface area contributed by atoms with Gasteiger partial charge < -0.3 is 5.11 Å². The van der Waals surface area contributed by atoms with Gasteiger partial charge in [0.1, 0.15) is 0 Å². The fraction of sp³-hybridized carbons (Fsp3) is 0.500. The van der Waals surface area contributed by atoms with Gasteiger partial charge in [-0.3, -0.25) is 0 Å². The Balaban J connectivity index is 2.98.